The van der Waals surface area contributed by atoms with Crippen molar-refractivity contribution in [2.75, 3.05) is 19.4 Å². The number of benzene rings is 1. The highest BCUT2D eigenvalue weighted by molar-refractivity contribution is 5.80. The highest BCUT2D eigenvalue weighted by atomic mass is 16.2. The van der Waals surface area contributed by atoms with Gasteiger partial charge in [-0.25, -0.2) is 0 Å². The number of likely N-dealkylation sites (tertiary alicyclic amines) is 1. The number of hydrogen-bond donors (Lipinski definition) is 2. The first-order valence-corrected chi connectivity index (χ1v) is 7.84. The Kier molecular flexibility index (Phi) is 4.34. The molecule has 2 aromatic rings. The summed E-state index contributed by atoms with van der Waals surface area (Å²) in [4.78, 5) is 14.0. The number of likely N-dealkylation sites (N-methyl/N-ethyl adjacent to an activating group) is 1. The maximum absolute atomic E-state index is 12.2. The van der Waals surface area contributed by atoms with E-state index in [1.807, 2.05) is 48.9 Å². The average molecular weight is 313 g/mol. The Hall–Kier alpha value is -2.34. The summed E-state index contributed by atoms with van der Waals surface area (Å²) in [5.41, 5.74) is 3.35. The van der Waals surface area contributed by atoms with Crippen molar-refractivity contribution in [3.05, 3.63) is 47.8 Å². The van der Waals surface area contributed by atoms with Gasteiger partial charge in [-0.1, -0.05) is 18.2 Å². The minimum Gasteiger partial charge on any atom is -0.388 e. The van der Waals surface area contributed by atoms with Gasteiger partial charge in [0.2, 0.25) is 5.91 Å². The van der Waals surface area contributed by atoms with Crippen LogP contribution in [0.5, 0.6) is 0 Å². The first kappa shape index (κ1) is 15.6. The number of carbonyl (C=O) groups is 1. The molecule has 1 aliphatic heterocycles. The van der Waals surface area contributed by atoms with E-state index < -0.39 is 0 Å². The van der Waals surface area contributed by atoms with Gasteiger partial charge in [0.25, 0.3) is 0 Å². The fourth-order valence-electron chi connectivity index (χ4n) is 3.29. The normalized spacial score (nSPS) is 21.0. The summed E-state index contributed by atoms with van der Waals surface area (Å²) in [6.07, 6.45) is 2.29. The van der Waals surface area contributed by atoms with Crippen LogP contribution in [0.4, 0.5) is 5.69 Å². The van der Waals surface area contributed by atoms with Gasteiger partial charge >= 0.3 is 0 Å². The van der Waals surface area contributed by atoms with Crippen LogP contribution in [0, 0.1) is 0 Å². The molecule has 6 heteroatoms. The number of nitrogens with one attached hydrogen (secondary N) is 2. The Labute approximate surface area is 136 Å². The molecular weight excluding hydrogens is 290 g/mol. The zero-order chi connectivity index (χ0) is 16.4. The first-order valence-electron chi connectivity index (χ1n) is 7.84. The summed E-state index contributed by atoms with van der Waals surface area (Å²) in [6.45, 7) is 0.719. The molecule has 0 unspecified atom stereocenters. The van der Waals surface area contributed by atoms with E-state index in [9.17, 15) is 4.79 Å². The lowest BCUT2D eigenvalue weighted by Crippen LogP contribution is -2.36. The van der Waals surface area contributed by atoms with E-state index in [-0.39, 0.29) is 18.0 Å². The molecule has 1 aromatic heterocycles. The average Bonchev–Trinajstić information content (AvgIpc) is 3.09. The van der Waals surface area contributed by atoms with Crippen molar-refractivity contribution in [2.24, 2.45) is 7.05 Å². The molecule has 1 aromatic carbocycles. The van der Waals surface area contributed by atoms with Crippen molar-refractivity contribution < 1.29 is 4.79 Å². The summed E-state index contributed by atoms with van der Waals surface area (Å²) in [5, 5.41) is 11.0. The second-order valence-corrected chi connectivity index (χ2v) is 5.93. The molecule has 2 N–H and O–H groups in total. The number of hydrogen-bond acceptors (Lipinski definition) is 4. The Bertz CT molecular complexity index is 696. The highest BCUT2D eigenvalue weighted by Gasteiger charge is 2.39. The lowest BCUT2D eigenvalue weighted by Gasteiger charge is -2.26. The van der Waals surface area contributed by atoms with E-state index in [1.165, 1.54) is 5.56 Å². The molecule has 2 heterocycles. The molecule has 122 valence electrons. The molecule has 1 aliphatic rings. The molecule has 6 nitrogen and oxygen atoms in total. The first-order chi connectivity index (χ1) is 11.1. The van der Waals surface area contributed by atoms with Crippen molar-refractivity contribution in [2.45, 2.75) is 25.0 Å². The number of carbonyl (C=O) groups excluding carboxylic acids is 1. The molecule has 1 fully saturated rings. The summed E-state index contributed by atoms with van der Waals surface area (Å²) in [6, 6.07) is 10.3. The van der Waals surface area contributed by atoms with Crippen molar-refractivity contribution in [1.29, 1.82) is 0 Å². The zero-order valence-electron chi connectivity index (χ0n) is 13.8. The van der Waals surface area contributed by atoms with Crippen LogP contribution in [0.2, 0.25) is 0 Å². The second kappa shape index (κ2) is 6.42. The van der Waals surface area contributed by atoms with E-state index in [4.69, 9.17) is 0 Å². The molecule has 0 spiro atoms. The SMILES string of the molecule is CNc1ccccc1CN[C@@H]1CC(=O)N(C)[C@H]1c1ccnn1C. The van der Waals surface area contributed by atoms with Crippen LogP contribution in [0.25, 0.3) is 0 Å². The molecule has 0 aliphatic carbocycles. The highest BCUT2D eigenvalue weighted by Crippen LogP contribution is 2.31. The minimum absolute atomic E-state index is 0.0109. The van der Waals surface area contributed by atoms with E-state index in [0.717, 1.165) is 17.9 Å². The van der Waals surface area contributed by atoms with Crippen LogP contribution in [0.1, 0.15) is 23.7 Å². The summed E-state index contributed by atoms with van der Waals surface area (Å²) in [7, 11) is 5.70. The molecule has 0 saturated carbocycles. The van der Waals surface area contributed by atoms with Crippen LogP contribution in [-0.2, 0) is 18.4 Å². The molecule has 2 atom stereocenters. The number of para-hydroxylation sites is 1. The maximum Gasteiger partial charge on any atom is 0.224 e. The number of amides is 1. The van der Waals surface area contributed by atoms with Crippen molar-refractivity contribution in [1.82, 2.24) is 20.0 Å². The third-order valence-corrected chi connectivity index (χ3v) is 4.59. The van der Waals surface area contributed by atoms with Gasteiger partial charge in [0.15, 0.2) is 0 Å². The Balaban J connectivity index is 1.78. The van der Waals surface area contributed by atoms with Crippen molar-refractivity contribution >= 4 is 11.6 Å². The quantitative estimate of drug-likeness (QED) is 0.879. The maximum atomic E-state index is 12.2. The smallest absolute Gasteiger partial charge is 0.224 e. The molecule has 23 heavy (non-hydrogen) atoms. The van der Waals surface area contributed by atoms with Gasteiger partial charge in [-0.15, -0.1) is 0 Å². The van der Waals surface area contributed by atoms with E-state index in [0.29, 0.717) is 6.42 Å². The van der Waals surface area contributed by atoms with Crippen LogP contribution >= 0.6 is 0 Å². The van der Waals surface area contributed by atoms with E-state index in [1.54, 1.807) is 6.20 Å². The van der Waals surface area contributed by atoms with Gasteiger partial charge in [0.1, 0.15) is 0 Å². The topological polar surface area (TPSA) is 62.2 Å². The molecule has 1 saturated heterocycles. The fraction of sp³-hybridized carbons (Fsp3) is 0.412. The third kappa shape index (κ3) is 2.94. The fourth-order valence-corrected chi connectivity index (χ4v) is 3.29. The number of aromatic nitrogens is 2. The van der Waals surface area contributed by atoms with Gasteiger partial charge in [-0.2, -0.15) is 5.10 Å². The lowest BCUT2D eigenvalue weighted by atomic mass is 10.0. The van der Waals surface area contributed by atoms with Crippen molar-refractivity contribution in [3.63, 3.8) is 0 Å². The monoisotopic (exact) mass is 313 g/mol. The molecule has 0 radical (unpaired) electrons. The molecule has 3 rings (SSSR count). The van der Waals surface area contributed by atoms with Gasteiger partial charge in [-0.3, -0.25) is 9.48 Å². The second-order valence-electron chi connectivity index (χ2n) is 5.93. The number of anilines is 1. The standard InChI is InChI=1S/C17H23N5O/c1-18-13-7-5-4-6-12(13)11-19-14-10-16(23)21(2)17(14)15-8-9-20-22(15)3/h4-9,14,17-19H,10-11H2,1-3H3/t14-,17-/m1/s1. The molecule has 1 amide bonds. The van der Waals surface area contributed by atoms with Gasteiger partial charge in [0.05, 0.1) is 11.7 Å². The van der Waals surface area contributed by atoms with Crippen LogP contribution in [0.15, 0.2) is 36.5 Å². The Morgan fingerprint density at radius 3 is 2.74 bits per heavy atom. The van der Waals surface area contributed by atoms with Crippen molar-refractivity contribution in [3.8, 4) is 0 Å². The van der Waals surface area contributed by atoms with E-state index in [2.05, 4.69) is 27.9 Å². The lowest BCUT2D eigenvalue weighted by molar-refractivity contribution is -0.127. The molecular formula is C17H23N5O. The molecule has 0 bridgehead atoms. The Morgan fingerprint density at radius 2 is 2.04 bits per heavy atom. The van der Waals surface area contributed by atoms with E-state index >= 15 is 0 Å². The predicted octanol–water partition coefficient (Wildman–Crippen LogP) is 1.52. The van der Waals surface area contributed by atoms with Gasteiger partial charge in [0, 0.05) is 52.0 Å². The van der Waals surface area contributed by atoms with Crippen LogP contribution < -0.4 is 10.6 Å². The third-order valence-electron chi connectivity index (χ3n) is 4.59. The summed E-state index contributed by atoms with van der Waals surface area (Å²) in [5.74, 6) is 0.163. The minimum atomic E-state index is 0.0109. The number of aryl methyl sites for hydroxylation is 1. The van der Waals surface area contributed by atoms with Gasteiger partial charge in [-0.05, 0) is 17.7 Å². The van der Waals surface area contributed by atoms with Gasteiger partial charge < -0.3 is 15.5 Å². The number of rotatable bonds is 5. The largest absolute Gasteiger partial charge is 0.388 e. The zero-order valence-corrected chi connectivity index (χ0v) is 13.8. The Morgan fingerprint density at radius 1 is 1.26 bits per heavy atom. The predicted molar refractivity (Wildman–Crippen MR) is 90.0 cm³/mol. The van der Waals surface area contributed by atoms with Crippen LogP contribution in [-0.4, -0.2) is 40.7 Å². The summed E-state index contributed by atoms with van der Waals surface area (Å²) < 4.78 is 1.84. The van der Waals surface area contributed by atoms with Crippen LogP contribution in [0.3, 0.4) is 0 Å². The number of nitrogens with zero attached hydrogens (tertiary/aromatic N) is 3. The summed E-state index contributed by atoms with van der Waals surface area (Å²) >= 11 is 0.